The Morgan fingerprint density at radius 3 is 2.53 bits per heavy atom. The summed E-state index contributed by atoms with van der Waals surface area (Å²) >= 11 is 5.63. The molecule has 0 radical (unpaired) electrons. The van der Waals surface area contributed by atoms with Crippen molar-refractivity contribution in [2.45, 2.75) is 40.0 Å². The second-order valence-corrected chi connectivity index (χ2v) is 7.77. The van der Waals surface area contributed by atoms with E-state index in [1.807, 2.05) is 57.3 Å². The Morgan fingerprint density at radius 1 is 1.23 bits per heavy atom. The van der Waals surface area contributed by atoms with Crippen molar-refractivity contribution in [3.63, 3.8) is 0 Å². The molecule has 162 valence electrons. The minimum atomic E-state index is -0.173. The van der Waals surface area contributed by atoms with Gasteiger partial charge in [0.1, 0.15) is 10.7 Å². The Labute approximate surface area is 188 Å². The van der Waals surface area contributed by atoms with Gasteiger partial charge >= 0.3 is 0 Å². The first-order valence-electron chi connectivity index (χ1n) is 10.5. The van der Waals surface area contributed by atoms with Crippen LogP contribution in [0.2, 0.25) is 0 Å². The molecule has 3 aromatic rings. The van der Waals surface area contributed by atoms with Gasteiger partial charge in [-0.2, -0.15) is 5.10 Å². The molecular weight excluding hydrogens is 414 g/mol. The third kappa shape index (κ3) is 6.97. The monoisotopic (exact) mass is 445 g/mol. The Hall–Kier alpha value is -2.16. The number of rotatable bonds is 5. The highest BCUT2D eigenvalue weighted by molar-refractivity contribution is 7.78. The molecule has 0 saturated carbocycles. The molecule has 8 heteroatoms. The van der Waals surface area contributed by atoms with Crippen LogP contribution in [-0.2, 0) is 0 Å². The molecule has 1 N–H and O–H groups in total. The van der Waals surface area contributed by atoms with Crippen molar-refractivity contribution in [2.24, 2.45) is 0 Å². The molecule has 1 amide bonds. The van der Waals surface area contributed by atoms with E-state index in [9.17, 15) is 4.79 Å². The summed E-state index contributed by atoms with van der Waals surface area (Å²) in [5.74, 6) is -0.173. The van der Waals surface area contributed by atoms with E-state index >= 15 is 0 Å². The molecule has 0 unspecified atom stereocenters. The van der Waals surface area contributed by atoms with Gasteiger partial charge in [-0.25, -0.2) is 9.67 Å². The number of aromatic nitrogens is 3. The van der Waals surface area contributed by atoms with Gasteiger partial charge in [-0.05, 0) is 44.5 Å². The summed E-state index contributed by atoms with van der Waals surface area (Å²) in [5.41, 5.74) is 2.29. The van der Waals surface area contributed by atoms with E-state index in [-0.39, 0.29) is 5.91 Å². The van der Waals surface area contributed by atoms with Gasteiger partial charge in [-0.1, -0.05) is 51.8 Å². The molecule has 4 rings (SSSR count). The minimum absolute atomic E-state index is 0.173. The van der Waals surface area contributed by atoms with Crippen LogP contribution in [0.5, 0.6) is 0 Å². The van der Waals surface area contributed by atoms with Crippen molar-refractivity contribution in [1.29, 1.82) is 0 Å². The number of hydrogen-bond donors (Lipinski definition) is 2. The average Bonchev–Trinajstić information content (AvgIpc) is 3.58. The van der Waals surface area contributed by atoms with Gasteiger partial charge < -0.3 is 5.32 Å². The van der Waals surface area contributed by atoms with Crippen LogP contribution in [0.4, 0.5) is 0 Å². The average molecular weight is 446 g/mol. The zero-order valence-electron chi connectivity index (χ0n) is 17.9. The van der Waals surface area contributed by atoms with Gasteiger partial charge in [0.05, 0.1) is 11.9 Å². The maximum absolute atomic E-state index is 12.2. The molecule has 6 nitrogen and oxygen atoms in total. The van der Waals surface area contributed by atoms with Crippen LogP contribution in [0.15, 0.2) is 48.1 Å². The highest BCUT2D eigenvalue weighted by Gasteiger charge is 2.17. The van der Waals surface area contributed by atoms with Gasteiger partial charge in [-0.3, -0.25) is 9.10 Å². The third-order valence-electron chi connectivity index (χ3n) is 4.20. The topological polar surface area (TPSA) is 63.1 Å². The summed E-state index contributed by atoms with van der Waals surface area (Å²) in [6.45, 7) is 9.10. The number of nitrogens with one attached hydrogen (secondary N) is 1. The summed E-state index contributed by atoms with van der Waals surface area (Å²) < 4.78 is 3.19. The molecule has 0 aliphatic carbocycles. The van der Waals surface area contributed by atoms with Crippen LogP contribution in [0.25, 0.3) is 16.3 Å². The SMILES string of the molecule is C1CCNC1.CC.CCCN(S)C(=O)c1csc(-c2cnn(-c3ccccc3)c2)n1. The summed E-state index contributed by atoms with van der Waals surface area (Å²) in [7, 11) is 0. The maximum Gasteiger partial charge on any atom is 0.282 e. The Bertz CT molecular complexity index is 867. The van der Waals surface area contributed by atoms with Crippen LogP contribution in [-0.4, -0.2) is 44.6 Å². The molecule has 1 aromatic carbocycles. The minimum Gasteiger partial charge on any atom is -0.317 e. The third-order valence-corrected chi connectivity index (χ3v) is 5.47. The Balaban J connectivity index is 0.000000393. The van der Waals surface area contributed by atoms with Gasteiger partial charge in [0.15, 0.2) is 0 Å². The first-order chi connectivity index (χ1) is 14.7. The first kappa shape index (κ1) is 24.1. The Morgan fingerprint density at radius 2 is 1.93 bits per heavy atom. The van der Waals surface area contributed by atoms with E-state index in [4.69, 9.17) is 0 Å². The zero-order valence-corrected chi connectivity index (χ0v) is 19.6. The van der Waals surface area contributed by atoms with E-state index < -0.39 is 0 Å². The standard InChI is InChI=1S/C16H16N4OS2.C4H9N.C2H6/c1-2-8-20(22)16(21)14-11-23-15(18-14)12-9-17-19(10-12)13-6-4-3-5-7-13;1-2-4-5-3-1;1-2/h3-7,9-11,22H,2,8H2,1H3;5H,1-4H2;1-2H3. The van der Waals surface area contributed by atoms with E-state index in [0.717, 1.165) is 22.7 Å². The maximum atomic E-state index is 12.2. The number of nitrogens with zero attached hydrogens (tertiary/aromatic N) is 4. The van der Waals surface area contributed by atoms with Crippen LogP contribution >= 0.6 is 24.2 Å². The number of amides is 1. The smallest absolute Gasteiger partial charge is 0.282 e. The first-order valence-corrected chi connectivity index (χ1v) is 11.7. The second-order valence-electron chi connectivity index (χ2n) is 6.43. The highest BCUT2D eigenvalue weighted by Crippen LogP contribution is 2.25. The zero-order chi connectivity index (χ0) is 21.8. The highest BCUT2D eigenvalue weighted by atomic mass is 32.1. The van der Waals surface area contributed by atoms with Crippen molar-refractivity contribution < 1.29 is 4.79 Å². The fourth-order valence-corrected chi connectivity index (χ4v) is 3.80. The van der Waals surface area contributed by atoms with Crippen molar-refractivity contribution in [3.8, 4) is 16.3 Å². The lowest BCUT2D eigenvalue weighted by molar-refractivity contribution is 0.0869. The molecule has 1 aliphatic rings. The largest absolute Gasteiger partial charge is 0.317 e. The molecule has 3 heterocycles. The number of thiol groups is 1. The van der Waals surface area contributed by atoms with E-state index in [2.05, 4.69) is 28.2 Å². The molecular formula is C22H31N5OS2. The van der Waals surface area contributed by atoms with E-state index in [1.54, 1.807) is 16.3 Å². The summed E-state index contributed by atoms with van der Waals surface area (Å²) in [4.78, 5) is 16.6. The predicted octanol–water partition coefficient (Wildman–Crippen LogP) is 5.09. The molecule has 1 saturated heterocycles. The van der Waals surface area contributed by atoms with Crippen LogP contribution in [0, 0.1) is 0 Å². The van der Waals surface area contributed by atoms with Crippen molar-refractivity contribution in [3.05, 3.63) is 53.8 Å². The van der Waals surface area contributed by atoms with Crippen molar-refractivity contribution in [1.82, 2.24) is 24.4 Å². The molecule has 0 spiro atoms. The van der Waals surface area contributed by atoms with Crippen molar-refractivity contribution in [2.75, 3.05) is 19.6 Å². The molecule has 1 fully saturated rings. The second kappa shape index (κ2) is 13.2. The summed E-state index contributed by atoms with van der Waals surface area (Å²) in [6, 6.07) is 9.86. The van der Waals surface area contributed by atoms with Crippen LogP contribution in [0.3, 0.4) is 0 Å². The van der Waals surface area contributed by atoms with Crippen molar-refractivity contribution >= 4 is 30.1 Å². The van der Waals surface area contributed by atoms with E-state index in [1.165, 1.54) is 41.6 Å². The van der Waals surface area contributed by atoms with Gasteiger partial charge in [-0.15, -0.1) is 11.3 Å². The summed E-state index contributed by atoms with van der Waals surface area (Å²) in [6.07, 6.45) is 7.30. The quantitative estimate of drug-likeness (QED) is 0.537. The van der Waals surface area contributed by atoms with Gasteiger partial charge in [0, 0.05) is 23.7 Å². The number of carbonyl (C=O) groups is 1. The van der Waals surface area contributed by atoms with Crippen LogP contribution in [0.1, 0.15) is 50.5 Å². The number of benzene rings is 1. The molecule has 0 bridgehead atoms. The van der Waals surface area contributed by atoms with Gasteiger partial charge in [0.2, 0.25) is 0 Å². The lowest BCUT2D eigenvalue weighted by atomic mass is 10.3. The number of para-hydroxylation sites is 1. The van der Waals surface area contributed by atoms with E-state index in [0.29, 0.717) is 12.2 Å². The molecule has 30 heavy (non-hydrogen) atoms. The lowest BCUT2D eigenvalue weighted by Crippen LogP contribution is -2.22. The normalized spacial score (nSPS) is 12.4. The number of carbonyl (C=O) groups excluding carboxylic acids is 1. The predicted molar refractivity (Wildman–Crippen MR) is 128 cm³/mol. The Kier molecular flexibility index (Phi) is 10.6. The molecule has 1 aliphatic heterocycles. The fraction of sp³-hybridized carbons (Fsp3) is 0.409. The summed E-state index contributed by atoms with van der Waals surface area (Å²) in [5, 5.41) is 10.1. The number of thiazole rings is 1. The van der Waals surface area contributed by atoms with Crippen LogP contribution < -0.4 is 5.32 Å². The number of hydrogen-bond acceptors (Lipinski definition) is 6. The fourth-order valence-electron chi connectivity index (χ4n) is 2.73. The molecule has 0 atom stereocenters. The molecule has 2 aromatic heterocycles. The van der Waals surface area contributed by atoms with Gasteiger partial charge in [0.25, 0.3) is 5.91 Å². The lowest BCUT2D eigenvalue weighted by Gasteiger charge is -2.12.